The van der Waals surface area contributed by atoms with Crippen molar-refractivity contribution < 1.29 is 17.5 Å². The molecule has 2 aromatic rings. The topological polar surface area (TPSA) is 69.4 Å². The normalized spacial score (nSPS) is 11.4. The van der Waals surface area contributed by atoms with Crippen molar-refractivity contribution in [3.05, 3.63) is 52.8 Å². The van der Waals surface area contributed by atoms with Gasteiger partial charge in [-0.25, -0.2) is 17.9 Å². The quantitative estimate of drug-likeness (QED) is 0.945. The van der Waals surface area contributed by atoms with Crippen molar-refractivity contribution in [2.24, 2.45) is 5.14 Å². The highest BCUT2D eigenvalue weighted by Crippen LogP contribution is 2.30. The maximum absolute atomic E-state index is 13.2. The maximum atomic E-state index is 13.2. The van der Waals surface area contributed by atoms with Crippen LogP contribution in [0.5, 0.6) is 11.5 Å². The van der Waals surface area contributed by atoms with Gasteiger partial charge in [0.25, 0.3) is 0 Å². The van der Waals surface area contributed by atoms with Gasteiger partial charge < -0.3 is 4.74 Å². The fourth-order valence-corrected chi connectivity index (χ4v) is 2.73. The van der Waals surface area contributed by atoms with Crippen molar-refractivity contribution in [1.82, 2.24) is 0 Å². The summed E-state index contributed by atoms with van der Waals surface area (Å²) in [4.78, 5) is -0.0440. The van der Waals surface area contributed by atoms with Gasteiger partial charge in [0.15, 0.2) is 0 Å². The first-order valence-electron chi connectivity index (χ1n) is 5.54. The molecule has 2 rings (SSSR count). The first kappa shape index (κ1) is 14.8. The fraction of sp³-hybridized carbons (Fsp3) is 0.0769. The Balaban J connectivity index is 2.44. The summed E-state index contributed by atoms with van der Waals surface area (Å²) in [5.41, 5.74) is 0.343. The molecule has 0 atom stereocenters. The van der Waals surface area contributed by atoms with Gasteiger partial charge in [0.05, 0.1) is 4.90 Å². The Labute approximate surface area is 121 Å². The predicted molar refractivity (Wildman–Crippen MR) is 74.0 cm³/mol. The number of primary sulfonamides is 1. The van der Waals surface area contributed by atoms with Gasteiger partial charge in [0, 0.05) is 16.7 Å². The third kappa shape index (κ3) is 3.27. The SMILES string of the molecule is Cc1c(Oc2cc(F)cc(Cl)c2)cccc1S(N)(=O)=O. The Kier molecular flexibility index (Phi) is 3.99. The minimum absolute atomic E-state index is 0.0440. The number of sulfonamides is 1. The Hall–Kier alpha value is -1.63. The van der Waals surface area contributed by atoms with Gasteiger partial charge in [-0.05, 0) is 31.2 Å². The van der Waals surface area contributed by atoms with E-state index in [0.717, 1.165) is 12.1 Å². The minimum atomic E-state index is -3.84. The summed E-state index contributed by atoms with van der Waals surface area (Å²) < 4.78 is 41.5. The molecular weight excluding hydrogens is 305 g/mol. The van der Waals surface area contributed by atoms with E-state index in [1.807, 2.05) is 0 Å². The number of hydrogen-bond acceptors (Lipinski definition) is 3. The lowest BCUT2D eigenvalue weighted by atomic mass is 10.2. The number of ether oxygens (including phenoxy) is 1. The van der Waals surface area contributed by atoms with Crippen molar-refractivity contribution in [3.8, 4) is 11.5 Å². The van der Waals surface area contributed by atoms with Crippen LogP contribution in [0.2, 0.25) is 5.02 Å². The predicted octanol–water partition coefficient (Wildman–Crippen LogP) is 3.23. The molecule has 0 saturated heterocycles. The van der Waals surface area contributed by atoms with Crippen molar-refractivity contribution >= 4 is 21.6 Å². The molecule has 106 valence electrons. The van der Waals surface area contributed by atoms with Crippen LogP contribution in [0.3, 0.4) is 0 Å². The van der Waals surface area contributed by atoms with Crippen LogP contribution < -0.4 is 9.88 Å². The molecule has 4 nitrogen and oxygen atoms in total. The molecule has 0 aromatic heterocycles. The van der Waals surface area contributed by atoms with Crippen LogP contribution in [0.25, 0.3) is 0 Å². The molecule has 0 aliphatic rings. The smallest absolute Gasteiger partial charge is 0.238 e. The summed E-state index contributed by atoms with van der Waals surface area (Å²) in [5.74, 6) is -0.115. The van der Waals surface area contributed by atoms with Crippen LogP contribution >= 0.6 is 11.6 Å². The molecule has 0 fully saturated rings. The van der Waals surface area contributed by atoms with E-state index in [2.05, 4.69) is 0 Å². The molecule has 20 heavy (non-hydrogen) atoms. The summed E-state index contributed by atoms with van der Waals surface area (Å²) in [6, 6.07) is 8.13. The lowest BCUT2D eigenvalue weighted by Crippen LogP contribution is -2.13. The van der Waals surface area contributed by atoms with Gasteiger partial charge in [-0.1, -0.05) is 17.7 Å². The van der Waals surface area contributed by atoms with Crippen molar-refractivity contribution in [2.75, 3.05) is 0 Å². The standard InChI is InChI=1S/C13H11ClFNO3S/c1-8-12(3-2-4-13(8)20(16,17)18)19-11-6-9(14)5-10(15)7-11/h2-7H,1H3,(H2,16,17,18). The number of nitrogens with two attached hydrogens (primary N) is 1. The third-order valence-electron chi connectivity index (χ3n) is 2.60. The Morgan fingerprint density at radius 2 is 1.95 bits per heavy atom. The van der Waals surface area contributed by atoms with Crippen LogP contribution in [-0.2, 0) is 10.0 Å². The average Bonchev–Trinajstić information content (AvgIpc) is 2.29. The van der Waals surface area contributed by atoms with Crippen molar-refractivity contribution in [2.45, 2.75) is 11.8 Å². The van der Waals surface area contributed by atoms with E-state index in [4.69, 9.17) is 21.5 Å². The van der Waals surface area contributed by atoms with Gasteiger partial charge in [0.2, 0.25) is 10.0 Å². The summed E-state index contributed by atoms with van der Waals surface area (Å²) in [6.45, 7) is 1.55. The largest absolute Gasteiger partial charge is 0.457 e. The van der Waals surface area contributed by atoms with E-state index in [1.165, 1.54) is 18.2 Å². The number of benzene rings is 2. The molecule has 0 aliphatic heterocycles. The zero-order chi connectivity index (χ0) is 14.9. The second-order valence-electron chi connectivity index (χ2n) is 4.13. The third-order valence-corrected chi connectivity index (χ3v) is 3.88. The first-order chi connectivity index (χ1) is 9.27. The van der Waals surface area contributed by atoms with Crippen LogP contribution in [0.4, 0.5) is 4.39 Å². The number of halogens is 2. The Morgan fingerprint density at radius 3 is 2.55 bits per heavy atom. The zero-order valence-electron chi connectivity index (χ0n) is 10.4. The summed E-state index contributed by atoms with van der Waals surface area (Å²) >= 11 is 5.72. The lowest BCUT2D eigenvalue weighted by molar-refractivity contribution is 0.471. The summed E-state index contributed by atoms with van der Waals surface area (Å²) in [5, 5.41) is 5.28. The molecule has 2 aromatic carbocycles. The van der Waals surface area contributed by atoms with Crippen molar-refractivity contribution in [1.29, 1.82) is 0 Å². The highest BCUT2D eigenvalue weighted by Gasteiger charge is 2.15. The van der Waals surface area contributed by atoms with Gasteiger partial charge in [0.1, 0.15) is 17.3 Å². The highest BCUT2D eigenvalue weighted by atomic mass is 35.5. The van der Waals surface area contributed by atoms with E-state index >= 15 is 0 Å². The van der Waals surface area contributed by atoms with Gasteiger partial charge >= 0.3 is 0 Å². The summed E-state index contributed by atoms with van der Waals surface area (Å²) in [7, 11) is -3.84. The van der Waals surface area contributed by atoms with E-state index in [1.54, 1.807) is 13.0 Å². The minimum Gasteiger partial charge on any atom is -0.457 e. The molecule has 0 radical (unpaired) electrons. The van der Waals surface area contributed by atoms with E-state index in [-0.39, 0.29) is 21.4 Å². The number of rotatable bonds is 3. The Bertz CT molecular complexity index is 742. The lowest BCUT2D eigenvalue weighted by Gasteiger charge is -2.11. The molecule has 0 spiro atoms. The van der Waals surface area contributed by atoms with E-state index in [9.17, 15) is 12.8 Å². The average molecular weight is 316 g/mol. The van der Waals surface area contributed by atoms with Crippen LogP contribution in [-0.4, -0.2) is 8.42 Å². The molecule has 0 amide bonds. The molecule has 7 heteroatoms. The first-order valence-corrected chi connectivity index (χ1v) is 7.46. The van der Waals surface area contributed by atoms with E-state index < -0.39 is 15.8 Å². The zero-order valence-corrected chi connectivity index (χ0v) is 12.0. The molecule has 0 unspecified atom stereocenters. The maximum Gasteiger partial charge on any atom is 0.238 e. The molecular formula is C13H11ClFNO3S. The summed E-state index contributed by atoms with van der Waals surface area (Å²) in [6.07, 6.45) is 0. The highest BCUT2D eigenvalue weighted by molar-refractivity contribution is 7.89. The molecule has 0 saturated carbocycles. The second kappa shape index (κ2) is 5.40. The molecule has 0 bridgehead atoms. The fourth-order valence-electron chi connectivity index (χ4n) is 1.73. The van der Waals surface area contributed by atoms with Gasteiger partial charge in [-0.2, -0.15) is 0 Å². The van der Waals surface area contributed by atoms with Crippen molar-refractivity contribution in [3.63, 3.8) is 0 Å². The molecule has 0 heterocycles. The number of hydrogen-bond donors (Lipinski definition) is 1. The Morgan fingerprint density at radius 1 is 1.25 bits per heavy atom. The van der Waals surface area contributed by atoms with E-state index in [0.29, 0.717) is 5.56 Å². The van der Waals surface area contributed by atoms with Crippen LogP contribution in [0.15, 0.2) is 41.3 Å². The second-order valence-corrected chi connectivity index (χ2v) is 6.10. The van der Waals surface area contributed by atoms with Gasteiger partial charge in [-0.3, -0.25) is 0 Å². The monoisotopic (exact) mass is 315 g/mol. The van der Waals surface area contributed by atoms with Crippen LogP contribution in [0, 0.1) is 12.7 Å². The molecule has 2 N–H and O–H groups in total. The van der Waals surface area contributed by atoms with Gasteiger partial charge in [-0.15, -0.1) is 0 Å². The molecule has 0 aliphatic carbocycles. The van der Waals surface area contributed by atoms with Crippen LogP contribution in [0.1, 0.15) is 5.56 Å².